The van der Waals surface area contributed by atoms with Gasteiger partial charge in [0.15, 0.2) is 0 Å². The van der Waals surface area contributed by atoms with E-state index >= 15 is 0 Å². The van der Waals surface area contributed by atoms with Crippen LogP contribution in [0.5, 0.6) is 0 Å². The summed E-state index contributed by atoms with van der Waals surface area (Å²) in [4.78, 5) is 10.4. The maximum Gasteiger partial charge on any atom is 0.122 e. The molecule has 42 heavy (non-hydrogen) atoms. The van der Waals surface area contributed by atoms with Crippen molar-refractivity contribution in [3.63, 3.8) is 0 Å². The Kier molecular flexibility index (Phi) is 8.48. The van der Waals surface area contributed by atoms with Crippen molar-refractivity contribution in [2.75, 3.05) is 0 Å². The van der Waals surface area contributed by atoms with Crippen LogP contribution in [0.3, 0.4) is 0 Å². The summed E-state index contributed by atoms with van der Waals surface area (Å²) in [7, 11) is 0. The molecule has 0 aliphatic heterocycles. The minimum atomic E-state index is 0. The number of furan rings is 1. The second-order valence-corrected chi connectivity index (χ2v) is 12.1. The van der Waals surface area contributed by atoms with E-state index < -0.39 is 0 Å². The fourth-order valence-electron chi connectivity index (χ4n) is 5.01. The second kappa shape index (κ2) is 11.9. The van der Waals surface area contributed by atoms with E-state index in [-0.39, 0.29) is 20.1 Å². The SMILES string of the molecule is Cc1c[c-]c(-c2cc(C)c(C)cn2)cc1.Cc1cnc(-c2[c-]ccc3c2oc2ccc4c(C)c(C)sc4c23)cc1C.[Ir]. The number of fused-ring (bicyclic) bond motifs is 5. The molecular weight excluding hydrogens is 713 g/mol. The van der Waals surface area contributed by atoms with Crippen LogP contribution in [-0.2, 0) is 20.1 Å². The minimum Gasteiger partial charge on any atom is -0.501 e. The first-order valence-electron chi connectivity index (χ1n) is 13.8. The van der Waals surface area contributed by atoms with Crippen molar-refractivity contribution in [3.05, 3.63) is 117 Å². The molecule has 0 amide bonds. The van der Waals surface area contributed by atoms with E-state index in [9.17, 15) is 0 Å². The average molecular weight is 745 g/mol. The maximum absolute atomic E-state index is 6.30. The zero-order valence-electron chi connectivity index (χ0n) is 24.9. The molecule has 0 bridgehead atoms. The number of aryl methyl sites for hydroxylation is 7. The van der Waals surface area contributed by atoms with Gasteiger partial charge in [-0.3, -0.25) is 0 Å². The van der Waals surface area contributed by atoms with E-state index in [1.54, 1.807) is 0 Å². The molecule has 0 N–H and O–H groups in total. The zero-order valence-corrected chi connectivity index (χ0v) is 28.1. The van der Waals surface area contributed by atoms with Crippen LogP contribution in [0.2, 0.25) is 0 Å². The predicted octanol–water partition coefficient (Wildman–Crippen LogP) is 10.4. The molecule has 0 atom stereocenters. The van der Waals surface area contributed by atoms with Gasteiger partial charge >= 0.3 is 0 Å². The molecule has 7 rings (SSSR count). The molecule has 0 saturated heterocycles. The predicted molar refractivity (Wildman–Crippen MR) is 173 cm³/mol. The third kappa shape index (κ3) is 5.45. The number of hydrogen-bond donors (Lipinski definition) is 0. The van der Waals surface area contributed by atoms with Crippen molar-refractivity contribution < 1.29 is 24.5 Å². The molecule has 0 fully saturated rings. The fourth-order valence-corrected chi connectivity index (χ4v) is 6.22. The van der Waals surface area contributed by atoms with Crippen molar-refractivity contribution in [2.45, 2.75) is 48.5 Å². The third-order valence-corrected chi connectivity index (χ3v) is 9.22. The Bertz CT molecular complexity index is 2070. The molecular formula is C37H32IrN2OS-2. The molecule has 4 aromatic heterocycles. The van der Waals surface area contributed by atoms with Gasteiger partial charge in [0, 0.05) is 47.5 Å². The topological polar surface area (TPSA) is 38.9 Å². The smallest absolute Gasteiger partial charge is 0.122 e. The van der Waals surface area contributed by atoms with Gasteiger partial charge in [-0.2, -0.15) is 0 Å². The van der Waals surface area contributed by atoms with E-state index in [1.165, 1.54) is 53.7 Å². The number of aromatic nitrogens is 2. The van der Waals surface area contributed by atoms with Crippen molar-refractivity contribution >= 4 is 43.4 Å². The Morgan fingerprint density at radius 2 is 1.40 bits per heavy atom. The van der Waals surface area contributed by atoms with Crippen LogP contribution < -0.4 is 0 Å². The monoisotopic (exact) mass is 745 g/mol. The van der Waals surface area contributed by atoms with E-state index in [0.29, 0.717) is 0 Å². The Morgan fingerprint density at radius 3 is 2.07 bits per heavy atom. The summed E-state index contributed by atoms with van der Waals surface area (Å²) < 4.78 is 7.61. The molecule has 0 unspecified atom stereocenters. The van der Waals surface area contributed by atoms with E-state index in [4.69, 9.17) is 4.42 Å². The van der Waals surface area contributed by atoms with Crippen LogP contribution in [0.4, 0.5) is 0 Å². The van der Waals surface area contributed by atoms with Gasteiger partial charge < -0.3 is 14.4 Å². The number of nitrogens with zero attached hydrogens (tertiary/aromatic N) is 2. The first-order valence-corrected chi connectivity index (χ1v) is 14.6. The van der Waals surface area contributed by atoms with Gasteiger partial charge in [0.1, 0.15) is 5.58 Å². The molecule has 0 aliphatic rings. The van der Waals surface area contributed by atoms with Crippen molar-refractivity contribution in [1.29, 1.82) is 0 Å². The van der Waals surface area contributed by atoms with Crippen LogP contribution in [-0.4, -0.2) is 9.97 Å². The van der Waals surface area contributed by atoms with Gasteiger partial charge in [-0.15, -0.1) is 64.9 Å². The zero-order chi connectivity index (χ0) is 28.8. The number of benzene rings is 3. The number of rotatable bonds is 2. The second-order valence-electron chi connectivity index (χ2n) is 10.9. The number of thiophene rings is 1. The Morgan fingerprint density at radius 1 is 0.714 bits per heavy atom. The first kappa shape index (κ1) is 29.8. The summed E-state index contributed by atoms with van der Waals surface area (Å²) in [5, 5.41) is 3.67. The molecule has 0 saturated carbocycles. The summed E-state index contributed by atoms with van der Waals surface area (Å²) in [6, 6.07) is 25.3. The van der Waals surface area contributed by atoms with Gasteiger partial charge in [-0.05, 0) is 87.1 Å². The molecule has 1 radical (unpaired) electrons. The molecule has 7 aromatic rings. The van der Waals surface area contributed by atoms with Crippen LogP contribution in [0, 0.1) is 60.6 Å². The Labute approximate surface area is 265 Å². The average Bonchev–Trinajstić information content (AvgIpc) is 3.49. The fraction of sp³-hybridized carbons (Fsp3) is 0.189. The van der Waals surface area contributed by atoms with Gasteiger partial charge in [-0.1, -0.05) is 41.1 Å². The van der Waals surface area contributed by atoms with Crippen molar-refractivity contribution in [3.8, 4) is 22.5 Å². The quantitative estimate of drug-likeness (QED) is 0.166. The van der Waals surface area contributed by atoms with Crippen LogP contribution in [0.15, 0.2) is 71.4 Å². The van der Waals surface area contributed by atoms with E-state index in [0.717, 1.165) is 39.1 Å². The van der Waals surface area contributed by atoms with Gasteiger partial charge in [0.2, 0.25) is 0 Å². The molecule has 3 aromatic carbocycles. The normalized spacial score (nSPS) is 11.0. The summed E-state index contributed by atoms with van der Waals surface area (Å²) in [5.74, 6) is 0. The molecule has 213 valence electrons. The Hall–Kier alpha value is -3.63. The Balaban J connectivity index is 0.000000189. The maximum atomic E-state index is 6.30. The van der Waals surface area contributed by atoms with Gasteiger partial charge in [0.05, 0.1) is 5.58 Å². The summed E-state index contributed by atoms with van der Waals surface area (Å²) in [5.41, 5.74) is 13.2. The van der Waals surface area contributed by atoms with Gasteiger partial charge in [0.25, 0.3) is 0 Å². The minimum absolute atomic E-state index is 0. The van der Waals surface area contributed by atoms with Crippen molar-refractivity contribution in [2.24, 2.45) is 0 Å². The van der Waals surface area contributed by atoms with Crippen LogP contribution in [0.25, 0.3) is 54.5 Å². The largest absolute Gasteiger partial charge is 0.501 e. The van der Waals surface area contributed by atoms with Gasteiger partial charge in [-0.25, -0.2) is 0 Å². The van der Waals surface area contributed by atoms with Crippen LogP contribution in [0.1, 0.15) is 38.3 Å². The number of hydrogen-bond acceptors (Lipinski definition) is 4. The third-order valence-electron chi connectivity index (χ3n) is 7.98. The molecule has 3 nitrogen and oxygen atoms in total. The van der Waals surface area contributed by atoms with E-state index in [2.05, 4.69) is 113 Å². The van der Waals surface area contributed by atoms with Crippen molar-refractivity contribution in [1.82, 2.24) is 9.97 Å². The first-order chi connectivity index (χ1) is 19.7. The molecule has 4 heterocycles. The summed E-state index contributed by atoms with van der Waals surface area (Å²) >= 11 is 1.85. The van der Waals surface area contributed by atoms with E-state index in [1.807, 2.05) is 35.9 Å². The molecule has 0 aliphatic carbocycles. The molecule has 0 spiro atoms. The van der Waals surface area contributed by atoms with Crippen LogP contribution >= 0.6 is 11.3 Å². The molecule has 5 heteroatoms. The summed E-state index contributed by atoms with van der Waals surface area (Å²) in [6.45, 7) is 14.8. The number of pyridine rings is 2. The standard InChI is InChI=1S/C23H18NOS.C14H14N.Ir/c1-12-10-19(24-11-13(12)2)17-6-5-7-18-21-20(25-22(17)18)9-8-16-14(3)15(4)26-23(16)21;1-10-4-6-13(7-5-10)14-8-11(2)12(3)9-15-14;/h5,7-11H,1-4H3;4-6,8-9H,1-3H3;/q2*-1;. The summed E-state index contributed by atoms with van der Waals surface area (Å²) in [6.07, 6.45) is 3.84.